The van der Waals surface area contributed by atoms with Gasteiger partial charge in [0.05, 0.1) is 12.7 Å². The van der Waals surface area contributed by atoms with E-state index >= 15 is 0 Å². The van der Waals surface area contributed by atoms with Gasteiger partial charge in [0, 0.05) is 30.5 Å². The van der Waals surface area contributed by atoms with Crippen molar-refractivity contribution in [1.29, 1.82) is 0 Å². The maximum Gasteiger partial charge on any atom is 0.252 e. The molecule has 9 heteroatoms. The van der Waals surface area contributed by atoms with Crippen molar-refractivity contribution in [3.8, 4) is 5.88 Å². The summed E-state index contributed by atoms with van der Waals surface area (Å²) in [5, 5.41) is 5.70. The molecule has 1 atom stereocenters. The highest BCUT2D eigenvalue weighted by Gasteiger charge is 2.16. The first kappa shape index (κ1) is 17.4. The van der Waals surface area contributed by atoms with Crippen LogP contribution in [0.3, 0.4) is 0 Å². The van der Waals surface area contributed by atoms with Gasteiger partial charge in [0.1, 0.15) is 5.82 Å². The standard InChI is InChI=1S/C15H19FN6O2/c1-8(17)7-20-15-11(16)6-10(13(18)23)14(22-15)21-9-3-4-19-12(5-9)24-2/h3-6,8H,7,17H2,1-2H3,(H2,18,23)(H2,19,20,21,22)/t8-/m0/s1. The van der Waals surface area contributed by atoms with E-state index in [0.29, 0.717) is 18.1 Å². The number of anilines is 3. The molecule has 0 aromatic carbocycles. The Kier molecular flexibility index (Phi) is 5.48. The van der Waals surface area contributed by atoms with E-state index in [2.05, 4.69) is 20.6 Å². The Morgan fingerprint density at radius 3 is 2.79 bits per heavy atom. The van der Waals surface area contributed by atoms with E-state index in [1.54, 1.807) is 19.1 Å². The van der Waals surface area contributed by atoms with Gasteiger partial charge in [-0.3, -0.25) is 4.79 Å². The van der Waals surface area contributed by atoms with Gasteiger partial charge in [-0.15, -0.1) is 0 Å². The summed E-state index contributed by atoms with van der Waals surface area (Å²) in [5.41, 5.74) is 11.4. The zero-order valence-corrected chi connectivity index (χ0v) is 13.3. The Morgan fingerprint density at radius 1 is 1.42 bits per heavy atom. The van der Waals surface area contributed by atoms with Gasteiger partial charge in [-0.1, -0.05) is 0 Å². The quantitative estimate of drug-likeness (QED) is 0.599. The lowest BCUT2D eigenvalue weighted by Gasteiger charge is -2.14. The van der Waals surface area contributed by atoms with Gasteiger partial charge in [0.2, 0.25) is 5.88 Å². The van der Waals surface area contributed by atoms with Crippen LogP contribution in [0.2, 0.25) is 0 Å². The monoisotopic (exact) mass is 334 g/mol. The van der Waals surface area contributed by atoms with E-state index in [-0.39, 0.29) is 23.2 Å². The van der Waals surface area contributed by atoms with Crippen molar-refractivity contribution in [2.24, 2.45) is 11.5 Å². The molecule has 24 heavy (non-hydrogen) atoms. The zero-order valence-electron chi connectivity index (χ0n) is 13.3. The zero-order chi connectivity index (χ0) is 17.7. The number of primary amides is 1. The molecule has 0 saturated carbocycles. The molecule has 6 N–H and O–H groups in total. The van der Waals surface area contributed by atoms with Crippen molar-refractivity contribution >= 4 is 23.2 Å². The molecule has 1 amide bonds. The third kappa shape index (κ3) is 4.29. The topological polar surface area (TPSA) is 128 Å². The minimum atomic E-state index is -0.802. The summed E-state index contributed by atoms with van der Waals surface area (Å²) in [7, 11) is 1.48. The number of rotatable bonds is 7. The van der Waals surface area contributed by atoms with Gasteiger partial charge in [-0.25, -0.2) is 14.4 Å². The molecule has 2 aromatic rings. The molecule has 0 radical (unpaired) electrons. The lowest BCUT2D eigenvalue weighted by atomic mass is 10.2. The molecular formula is C15H19FN6O2. The number of aromatic nitrogens is 2. The highest BCUT2D eigenvalue weighted by atomic mass is 19.1. The van der Waals surface area contributed by atoms with Crippen LogP contribution in [0.25, 0.3) is 0 Å². The maximum absolute atomic E-state index is 14.1. The number of carbonyl (C=O) groups excluding carboxylic acids is 1. The fraction of sp³-hybridized carbons (Fsp3) is 0.267. The average molecular weight is 334 g/mol. The van der Waals surface area contributed by atoms with E-state index in [1.807, 2.05) is 0 Å². The van der Waals surface area contributed by atoms with Gasteiger partial charge in [0.25, 0.3) is 5.91 Å². The normalized spacial score (nSPS) is 11.7. The van der Waals surface area contributed by atoms with Gasteiger partial charge in [-0.2, -0.15) is 0 Å². The SMILES string of the molecule is COc1cc(Nc2nc(NC[C@H](C)N)c(F)cc2C(N)=O)ccn1. The van der Waals surface area contributed by atoms with Gasteiger partial charge >= 0.3 is 0 Å². The number of nitrogens with zero attached hydrogens (tertiary/aromatic N) is 2. The highest BCUT2D eigenvalue weighted by molar-refractivity contribution is 5.98. The van der Waals surface area contributed by atoms with Crippen molar-refractivity contribution in [3.05, 3.63) is 35.8 Å². The molecule has 0 aliphatic rings. The molecule has 0 spiro atoms. The Hall–Kier alpha value is -2.94. The van der Waals surface area contributed by atoms with Gasteiger partial charge in [0.15, 0.2) is 11.6 Å². The molecule has 2 rings (SSSR count). The van der Waals surface area contributed by atoms with E-state index in [1.165, 1.54) is 13.3 Å². The van der Waals surface area contributed by atoms with Crippen LogP contribution in [0.4, 0.5) is 21.7 Å². The fourth-order valence-electron chi connectivity index (χ4n) is 1.89. The van der Waals surface area contributed by atoms with Crippen LogP contribution in [-0.4, -0.2) is 35.6 Å². The fourth-order valence-corrected chi connectivity index (χ4v) is 1.89. The maximum atomic E-state index is 14.1. The Morgan fingerprint density at radius 2 is 2.17 bits per heavy atom. The molecule has 0 saturated heterocycles. The molecule has 2 aromatic heterocycles. The van der Waals surface area contributed by atoms with E-state index in [9.17, 15) is 9.18 Å². The van der Waals surface area contributed by atoms with Gasteiger partial charge in [-0.05, 0) is 19.1 Å². The van der Waals surface area contributed by atoms with Gasteiger partial charge < -0.3 is 26.8 Å². The predicted molar refractivity (Wildman–Crippen MR) is 88.9 cm³/mol. The molecule has 8 nitrogen and oxygen atoms in total. The molecule has 0 bridgehead atoms. The second kappa shape index (κ2) is 7.55. The summed E-state index contributed by atoms with van der Waals surface area (Å²) in [5.74, 6) is -1.03. The summed E-state index contributed by atoms with van der Waals surface area (Å²) in [6.45, 7) is 2.09. The van der Waals surface area contributed by atoms with Crippen LogP contribution in [0, 0.1) is 5.82 Å². The Balaban J connectivity index is 2.37. The smallest absolute Gasteiger partial charge is 0.252 e. The number of nitrogens with one attached hydrogen (secondary N) is 2. The minimum absolute atomic E-state index is 0.0270. The Labute approximate surface area is 138 Å². The van der Waals surface area contributed by atoms with Crippen LogP contribution >= 0.6 is 0 Å². The Bertz CT molecular complexity index is 738. The van der Waals surface area contributed by atoms with Crippen LogP contribution in [-0.2, 0) is 0 Å². The molecule has 128 valence electrons. The van der Waals surface area contributed by atoms with Crippen LogP contribution in [0.1, 0.15) is 17.3 Å². The molecule has 2 heterocycles. The first-order valence-electron chi connectivity index (χ1n) is 7.17. The van der Waals surface area contributed by atoms with Crippen LogP contribution in [0.15, 0.2) is 24.4 Å². The van der Waals surface area contributed by atoms with Crippen LogP contribution in [0.5, 0.6) is 5.88 Å². The molecule has 0 aliphatic heterocycles. The predicted octanol–water partition coefficient (Wildman–Crippen LogP) is 1.23. The number of ether oxygens (including phenoxy) is 1. The minimum Gasteiger partial charge on any atom is -0.481 e. The summed E-state index contributed by atoms with van der Waals surface area (Å²) in [6.07, 6.45) is 1.52. The molecular weight excluding hydrogens is 315 g/mol. The number of hydrogen-bond donors (Lipinski definition) is 4. The van der Waals surface area contributed by atoms with Crippen molar-refractivity contribution in [2.45, 2.75) is 13.0 Å². The first-order valence-corrected chi connectivity index (χ1v) is 7.17. The number of nitrogens with two attached hydrogens (primary N) is 2. The van der Waals surface area contributed by atoms with E-state index in [0.717, 1.165) is 6.07 Å². The van der Waals surface area contributed by atoms with Crippen molar-refractivity contribution < 1.29 is 13.9 Å². The first-order chi connectivity index (χ1) is 11.4. The number of amides is 1. The summed E-state index contributed by atoms with van der Waals surface area (Å²) >= 11 is 0. The van der Waals surface area contributed by atoms with Crippen molar-refractivity contribution in [2.75, 3.05) is 24.3 Å². The van der Waals surface area contributed by atoms with E-state index < -0.39 is 11.7 Å². The number of hydrogen-bond acceptors (Lipinski definition) is 7. The second-order valence-electron chi connectivity index (χ2n) is 5.15. The largest absolute Gasteiger partial charge is 0.481 e. The van der Waals surface area contributed by atoms with E-state index in [4.69, 9.17) is 16.2 Å². The average Bonchev–Trinajstić information content (AvgIpc) is 2.54. The van der Waals surface area contributed by atoms with Crippen LogP contribution < -0.4 is 26.8 Å². The van der Waals surface area contributed by atoms with Crippen molar-refractivity contribution in [1.82, 2.24) is 9.97 Å². The third-order valence-corrected chi connectivity index (χ3v) is 3.04. The summed E-state index contributed by atoms with van der Waals surface area (Å²) in [4.78, 5) is 19.6. The number of carbonyl (C=O) groups is 1. The lowest BCUT2D eigenvalue weighted by molar-refractivity contribution is 0.100. The number of methoxy groups -OCH3 is 1. The summed E-state index contributed by atoms with van der Waals surface area (Å²) in [6, 6.07) is 4.08. The molecule has 0 aliphatic carbocycles. The third-order valence-electron chi connectivity index (χ3n) is 3.04. The number of halogens is 1. The summed E-state index contributed by atoms with van der Waals surface area (Å²) < 4.78 is 19.1. The molecule has 0 unspecified atom stereocenters. The highest BCUT2D eigenvalue weighted by Crippen LogP contribution is 2.24. The van der Waals surface area contributed by atoms with Crippen molar-refractivity contribution in [3.63, 3.8) is 0 Å². The molecule has 0 fully saturated rings. The lowest BCUT2D eigenvalue weighted by Crippen LogP contribution is -2.26. The number of pyridine rings is 2. The second-order valence-corrected chi connectivity index (χ2v) is 5.15.